The SMILES string of the molecule is CC12C[C@H](O)[C@@]3(F)C(C[C@H](F)C4=CC(=O)C=C[C@@]43C)[C@@H]1C[C@H]1O[C@@H](C3CC4(CCOCC4)C3)O[C@]12C(=O)CO. The van der Waals surface area contributed by atoms with Crippen molar-refractivity contribution in [3.8, 4) is 0 Å². The second-order valence-electron chi connectivity index (χ2n) is 13.8. The molecule has 10 atom stereocenters. The van der Waals surface area contributed by atoms with Crippen LogP contribution in [0.25, 0.3) is 0 Å². The Balaban J connectivity index is 1.23. The maximum absolute atomic E-state index is 17.4. The third-order valence-corrected chi connectivity index (χ3v) is 12.3. The number of halogens is 2. The van der Waals surface area contributed by atoms with Crippen LogP contribution in [0.3, 0.4) is 0 Å². The molecule has 0 aromatic carbocycles. The molecule has 0 aromatic heterocycles. The number of aliphatic hydroxyl groups is 2. The molecule has 6 fully saturated rings. The third-order valence-electron chi connectivity index (χ3n) is 12.3. The minimum Gasteiger partial charge on any atom is -0.390 e. The van der Waals surface area contributed by atoms with Gasteiger partial charge in [0, 0.05) is 35.9 Å². The van der Waals surface area contributed by atoms with Crippen LogP contribution in [0, 0.1) is 34.0 Å². The number of carbonyl (C=O) groups excluding carboxylic acids is 2. The Morgan fingerprint density at radius 2 is 1.85 bits per heavy atom. The van der Waals surface area contributed by atoms with E-state index < -0.39 is 76.8 Å². The molecule has 214 valence electrons. The maximum atomic E-state index is 17.4. The molecule has 2 unspecified atom stereocenters. The van der Waals surface area contributed by atoms with Gasteiger partial charge in [-0.2, -0.15) is 0 Å². The Hall–Kier alpha value is -1.52. The first kappa shape index (κ1) is 26.4. The molecule has 0 aromatic rings. The highest BCUT2D eigenvalue weighted by atomic mass is 19.1. The van der Waals surface area contributed by atoms with Crippen LogP contribution in [0.1, 0.15) is 58.8 Å². The molecule has 7 aliphatic rings. The van der Waals surface area contributed by atoms with E-state index in [0.29, 0.717) is 0 Å². The summed E-state index contributed by atoms with van der Waals surface area (Å²) in [5.74, 6) is -2.28. The average Bonchev–Trinajstić information content (AvgIpc) is 3.39. The number of carbonyl (C=O) groups is 2. The quantitative estimate of drug-likeness (QED) is 0.559. The molecule has 39 heavy (non-hydrogen) atoms. The molecule has 9 heteroatoms. The number of alkyl halides is 2. The number of fused-ring (bicyclic) bond motifs is 7. The van der Waals surface area contributed by atoms with E-state index >= 15 is 8.78 Å². The summed E-state index contributed by atoms with van der Waals surface area (Å²) in [6.07, 6.45) is 3.18. The van der Waals surface area contributed by atoms with Crippen molar-refractivity contribution in [2.75, 3.05) is 19.8 Å². The fraction of sp³-hybridized carbons (Fsp3) is 0.800. The Labute approximate surface area is 226 Å². The largest absolute Gasteiger partial charge is 0.390 e. The van der Waals surface area contributed by atoms with Crippen molar-refractivity contribution in [2.45, 2.75) is 94.7 Å². The van der Waals surface area contributed by atoms with Gasteiger partial charge < -0.3 is 24.4 Å². The smallest absolute Gasteiger partial charge is 0.193 e. The van der Waals surface area contributed by atoms with Gasteiger partial charge in [-0.25, -0.2) is 8.78 Å². The highest BCUT2D eigenvalue weighted by molar-refractivity contribution is 6.01. The molecule has 2 heterocycles. The lowest BCUT2D eigenvalue weighted by atomic mass is 9.44. The van der Waals surface area contributed by atoms with Crippen molar-refractivity contribution in [3.63, 3.8) is 0 Å². The first-order valence-corrected chi connectivity index (χ1v) is 14.5. The van der Waals surface area contributed by atoms with E-state index in [4.69, 9.17) is 14.2 Å². The molecule has 5 aliphatic carbocycles. The summed E-state index contributed by atoms with van der Waals surface area (Å²) in [6, 6.07) is 0. The van der Waals surface area contributed by atoms with Crippen LogP contribution in [0.2, 0.25) is 0 Å². The van der Waals surface area contributed by atoms with Crippen LogP contribution in [-0.4, -0.2) is 77.5 Å². The standard InChI is InChI=1S/C30H38F2O7/c1-26-4-3-17(34)9-20(26)21(31)10-19-18-11-24-30(23(36)15-33,27(18,2)14-22(35)29(19,26)32)39-25(38-24)16-12-28(13-16)5-7-37-8-6-28/h3-4,9,16,18-19,21-22,24-25,33,35H,5-8,10-15H2,1-2H3/t18-,19?,21-,22-,24+,25+,26-,27?,29-,30+/m0/s1. The van der Waals surface area contributed by atoms with E-state index in [0.717, 1.165) is 38.9 Å². The minimum absolute atomic E-state index is 0.0651. The van der Waals surface area contributed by atoms with Crippen LogP contribution in [-0.2, 0) is 23.8 Å². The summed E-state index contributed by atoms with van der Waals surface area (Å²) >= 11 is 0. The lowest BCUT2D eigenvalue weighted by Gasteiger charge is -2.63. The van der Waals surface area contributed by atoms with Gasteiger partial charge in [0.1, 0.15) is 12.8 Å². The fourth-order valence-electron chi connectivity index (χ4n) is 10.3. The second kappa shape index (κ2) is 8.28. The number of allylic oxidation sites excluding steroid dienone is 4. The van der Waals surface area contributed by atoms with Crippen molar-refractivity contribution in [1.82, 2.24) is 0 Å². The normalized spacial score (nSPS) is 51.9. The summed E-state index contributed by atoms with van der Waals surface area (Å²) in [7, 11) is 0. The molecule has 0 bridgehead atoms. The summed E-state index contributed by atoms with van der Waals surface area (Å²) < 4.78 is 51.8. The van der Waals surface area contributed by atoms with E-state index in [9.17, 15) is 19.8 Å². The van der Waals surface area contributed by atoms with Crippen LogP contribution in [0.15, 0.2) is 23.8 Å². The zero-order chi connectivity index (χ0) is 27.6. The average molecular weight is 549 g/mol. The number of hydrogen-bond donors (Lipinski definition) is 2. The number of hydrogen-bond acceptors (Lipinski definition) is 7. The molecule has 0 radical (unpaired) electrons. The van der Waals surface area contributed by atoms with Crippen LogP contribution >= 0.6 is 0 Å². The van der Waals surface area contributed by atoms with Gasteiger partial charge in [-0.15, -0.1) is 0 Å². The zero-order valence-electron chi connectivity index (χ0n) is 22.5. The van der Waals surface area contributed by atoms with Gasteiger partial charge in [0.05, 0.1) is 12.2 Å². The second-order valence-corrected chi connectivity index (χ2v) is 13.8. The molecule has 2 aliphatic heterocycles. The molecule has 1 spiro atoms. The Morgan fingerprint density at radius 1 is 1.13 bits per heavy atom. The highest BCUT2D eigenvalue weighted by Crippen LogP contribution is 2.72. The zero-order valence-corrected chi connectivity index (χ0v) is 22.5. The van der Waals surface area contributed by atoms with Crippen molar-refractivity contribution < 1.29 is 42.8 Å². The van der Waals surface area contributed by atoms with Crippen molar-refractivity contribution >= 4 is 11.6 Å². The predicted molar refractivity (Wildman–Crippen MR) is 134 cm³/mol. The number of rotatable bonds is 3. The highest BCUT2D eigenvalue weighted by Gasteiger charge is 2.80. The van der Waals surface area contributed by atoms with Crippen LogP contribution in [0.5, 0.6) is 0 Å². The van der Waals surface area contributed by atoms with E-state index in [2.05, 4.69) is 0 Å². The molecular formula is C30H38F2O7. The minimum atomic E-state index is -2.24. The summed E-state index contributed by atoms with van der Waals surface area (Å²) in [5, 5.41) is 21.7. The Bertz CT molecular complexity index is 1160. The van der Waals surface area contributed by atoms with E-state index in [1.165, 1.54) is 18.2 Å². The predicted octanol–water partition coefficient (Wildman–Crippen LogP) is 3.16. The molecule has 2 N–H and O–H groups in total. The molecule has 7 nitrogen and oxygen atoms in total. The molecule has 4 saturated carbocycles. The fourth-order valence-corrected chi connectivity index (χ4v) is 10.3. The van der Waals surface area contributed by atoms with Gasteiger partial charge in [-0.3, -0.25) is 9.59 Å². The third kappa shape index (κ3) is 3.09. The van der Waals surface area contributed by atoms with Gasteiger partial charge in [-0.1, -0.05) is 13.0 Å². The molecule has 7 rings (SSSR count). The molecule has 0 amide bonds. The van der Waals surface area contributed by atoms with Crippen molar-refractivity contribution in [3.05, 3.63) is 23.8 Å². The summed E-state index contributed by atoms with van der Waals surface area (Å²) in [5.41, 5.74) is -6.07. The lowest BCUT2D eigenvalue weighted by molar-refractivity contribution is -0.247. The lowest BCUT2D eigenvalue weighted by Crippen LogP contribution is -2.71. The number of aliphatic hydroxyl groups excluding tert-OH is 2. The number of ether oxygens (including phenoxy) is 3. The Kier molecular flexibility index (Phi) is 5.60. The topological polar surface area (TPSA) is 102 Å². The maximum Gasteiger partial charge on any atom is 0.193 e. The first-order chi connectivity index (χ1) is 18.4. The molecular weight excluding hydrogens is 510 g/mol. The van der Waals surface area contributed by atoms with E-state index in [1.807, 2.05) is 6.92 Å². The van der Waals surface area contributed by atoms with Crippen molar-refractivity contribution in [1.29, 1.82) is 0 Å². The number of Topliss-reactive ketones (excluding diaryl/α,β-unsaturated/α-hetero) is 1. The monoisotopic (exact) mass is 548 g/mol. The van der Waals surface area contributed by atoms with Gasteiger partial charge >= 0.3 is 0 Å². The van der Waals surface area contributed by atoms with Gasteiger partial charge in [-0.05, 0) is 80.9 Å². The van der Waals surface area contributed by atoms with Gasteiger partial charge in [0.25, 0.3) is 0 Å². The number of ketones is 2. The van der Waals surface area contributed by atoms with Crippen LogP contribution in [0.4, 0.5) is 8.78 Å². The van der Waals surface area contributed by atoms with Crippen LogP contribution < -0.4 is 0 Å². The van der Waals surface area contributed by atoms with E-state index in [-0.39, 0.29) is 36.2 Å². The Morgan fingerprint density at radius 3 is 2.54 bits per heavy atom. The van der Waals surface area contributed by atoms with Gasteiger partial charge in [0.15, 0.2) is 29.1 Å². The van der Waals surface area contributed by atoms with Gasteiger partial charge in [0.2, 0.25) is 0 Å². The molecule has 2 saturated heterocycles. The van der Waals surface area contributed by atoms with E-state index in [1.54, 1.807) is 6.92 Å². The summed E-state index contributed by atoms with van der Waals surface area (Å²) in [4.78, 5) is 25.7. The summed E-state index contributed by atoms with van der Waals surface area (Å²) in [6.45, 7) is 4.11. The van der Waals surface area contributed by atoms with Crippen molar-refractivity contribution in [2.24, 2.45) is 34.0 Å². The first-order valence-electron chi connectivity index (χ1n) is 14.5.